The van der Waals surface area contributed by atoms with Gasteiger partial charge in [-0.1, -0.05) is 230 Å². The van der Waals surface area contributed by atoms with Crippen molar-refractivity contribution >= 4 is 11.9 Å². The van der Waals surface area contributed by atoms with Crippen LogP contribution in [0.2, 0.25) is 0 Å². The van der Waals surface area contributed by atoms with E-state index in [2.05, 4.69) is 62.5 Å². The van der Waals surface area contributed by atoms with E-state index in [0.29, 0.717) is 19.3 Å². The van der Waals surface area contributed by atoms with Gasteiger partial charge in [0.15, 0.2) is 12.4 Å². The fourth-order valence-electron chi connectivity index (χ4n) is 8.83. The van der Waals surface area contributed by atoms with Gasteiger partial charge >= 0.3 is 5.97 Å². The summed E-state index contributed by atoms with van der Waals surface area (Å²) in [6.45, 7) is 5.73. The number of hydrogen-bond acceptors (Lipinski definition) is 10. The monoisotopic (exact) mass is 990 g/mol. The molecule has 11 heteroatoms. The predicted octanol–water partition coefficient (Wildman–Crippen LogP) is 12.9. The van der Waals surface area contributed by atoms with E-state index >= 15 is 0 Å². The molecular weight excluding hydrogens is 883 g/mol. The number of esters is 1. The number of carbonyl (C=O) groups is 2. The first kappa shape index (κ1) is 65.6. The SMILES string of the molecule is CCCCC/C=C\C/C=C\C/C=C\CCCCCCCCC(=O)OC1C(OCC(NC(=O)C(O)CCCCCCCCCCCC)C(O)/C=C/CCCCCCCCCCCC)OC(CO)C(O)C1O. The van der Waals surface area contributed by atoms with Crippen molar-refractivity contribution in [2.24, 2.45) is 0 Å². The van der Waals surface area contributed by atoms with E-state index in [-0.39, 0.29) is 13.0 Å². The van der Waals surface area contributed by atoms with E-state index in [4.69, 9.17) is 14.2 Å². The molecule has 0 aromatic heterocycles. The average Bonchev–Trinajstić information content (AvgIpc) is 3.36. The van der Waals surface area contributed by atoms with Crippen LogP contribution in [0.4, 0.5) is 0 Å². The minimum Gasteiger partial charge on any atom is -0.454 e. The second-order valence-electron chi connectivity index (χ2n) is 20.0. The van der Waals surface area contributed by atoms with Gasteiger partial charge in [-0.25, -0.2) is 0 Å². The highest BCUT2D eigenvalue weighted by molar-refractivity contribution is 5.80. The van der Waals surface area contributed by atoms with Gasteiger partial charge in [0.05, 0.1) is 25.4 Å². The van der Waals surface area contributed by atoms with Gasteiger partial charge in [0.25, 0.3) is 0 Å². The first-order chi connectivity index (χ1) is 34.2. The number of aliphatic hydroxyl groups excluding tert-OH is 5. The third-order valence-electron chi connectivity index (χ3n) is 13.5. The Bertz CT molecular complexity index is 1320. The van der Waals surface area contributed by atoms with Gasteiger partial charge in [-0.2, -0.15) is 0 Å². The molecule has 70 heavy (non-hydrogen) atoms. The van der Waals surface area contributed by atoms with Crippen LogP contribution in [0.25, 0.3) is 0 Å². The minimum absolute atomic E-state index is 0.110. The fourth-order valence-corrected chi connectivity index (χ4v) is 8.83. The molecular formula is C59H107NO10. The second-order valence-corrected chi connectivity index (χ2v) is 20.0. The molecule has 0 bridgehead atoms. The summed E-state index contributed by atoms with van der Waals surface area (Å²) in [6, 6.07) is -1.02. The Morgan fingerprint density at radius 2 is 0.986 bits per heavy atom. The molecule has 0 aromatic carbocycles. The zero-order valence-corrected chi connectivity index (χ0v) is 44.9. The Kier molecular flexibility index (Phi) is 44.6. The van der Waals surface area contributed by atoms with E-state index in [1.807, 2.05) is 6.08 Å². The molecule has 0 aliphatic carbocycles. The van der Waals surface area contributed by atoms with E-state index in [1.54, 1.807) is 6.08 Å². The topological polar surface area (TPSA) is 175 Å². The lowest BCUT2D eigenvalue weighted by Crippen LogP contribution is -2.61. The number of allylic oxidation sites excluding steroid dienone is 7. The molecule has 1 aliphatic heterocycles. The molecule has 0 saturated carbocycles. The summed E-state index contributed by atoms with van der Waals surface area (Å²) < 4.78 is 17.6. The largest absolute Gasteiger partial charge is 0.454 e. The average molecular weight is 991 g/mol. The van der Waals surface area contributed by atoms with Crippen LogP contribution >= 0.6 is 0 Å². The smallest absolute Gasteiger partial charge is 0.306 e. The van der Waals surface area contributed by atoms with Gasteiger partial charge in [0, 0.05) is 6.42 Å². The molecule has 8 unspecified atom stereocenters. The fraction of sp³-hybridized carbons (Fsp3) is 0.831. The van der Waals surface area contributed by atoms with Crippen molar-refractivity contribution in [1.29, 1.82) is 0 Å². The summed E-state index contributed by atoms with van der Waals surface area (Å²) in [7, 11) is 0. The molecule has 0 aromatic rings. The quantitative estimate of drug-likeness (QED) is 0.0196. The third-order valence-corrected chi connectivity index (χ3v) is 13.5. The third kappa shape index (κ3) is 35.7. The summed E-state index contributed by atoms with van der Waals surface area (Å²) in [5.41, 5.74) is 0. The maximum Gasteiger partial charge on any atom is 0.306 e. The van der Waals surface area contributed by atoms with Crippen molar-refractivity contribution in [2.45, 2.75) is 301 Å². The number of carbonyl (C=O) groups excluding carboxylic acids is 2. The van der Waals surface area contributed by atoms with Crippen molar-refractivity contribution in [3.8, 4) is 0 Å². The van der Waals surface area contributed by atoms with Crippen LogP contribution in [0.3, 0.4) is 0 Å². The minimum atomic E-state index is -1.62. The lowest BCUT2D eigenvalue weighted by atomic mass is 9.99. The maximum absolute atomic E-state index is 13.3. The Balaban J connectivity index is 2.70. The summed E-state index contributed by atoms with van der Waals surface area (Å²) in [5, 5.41) is 56.7. The number of amides is 1. The standard InChI is InChI=1S/C59H107NO10/c1-4-7-10-13-16-19-22-24-25-26-27-28-29-30-32-35-38-41-44-47-54(64)70-57-56(66)55(65)53(48-61)69-59(57)68-49-50(51(62)45-42-39-36-34-31-23-20-17-14-11-8-5-2)60-58(67)52(63)46-43-40-37-33-21-18-15-12-9-6-3/h16,19,24-25,27-28,42,45,50-53,55-57,59,61-63,65-66H,4-15,17-18,20-23,26,29-41,43-44,46-49H2,1-3H3,(H,60,67)/b19-16-,25-24-,28-27-,45-42+. The molecule has 1 rings (SSSR count). The number of nitrogens with one attached hydrogen (secondary N) is 1. The highest BCUT2D eigenvalue weighted by Crippen LogP contribution is 2.26. The molecule has 1 saturated heterocycles. The van der Waals surface area contributed by atoms with Gasteiger partial charge in [0.2, 0.25) is 5.91 Å². The van der Waals surface area contributed by atoms with E-state index < -0.39 is 67.4 Å². The number of hydrogen-bond donors (Lipinski definition) is 6. The number of aliphatic hydroxyl groups is 5. The highest BCUT2D eigenvalue weighted by Gasteiger charge is 2.47. The molecule has 6 N–H and O–H groups in total. The van der Waals surface area contributed by atoms with E-state index in [0.717, 1.165) is 89.9 Å². The molecule has 11 nitrogen and oxygen atoms in total. The Hall–Kier alpha value is -2.38. The van der Waals surface area contributed by atoms with Crippen molar-refractivity contribution in [1.82, 2.24) is 5.32 Å². The first-order valence-electron chi connectivity index (χ1n) is 28.9. The lowest BCUT2D eigenvalue weighted by Gasteiger charge is -2.41. The second kappa shape index (κ2) is 47.6. The molecule has 1 fully saturated rings. The van der Waals surface area contributed by atoms with Crippen molar-refractivity contribution < 1.29 is 49.3 Å². The summed E-state index contributed by atoms with van der Waals surface area (Å²) in [4.78, 5) is 26.4. The predicted molar refractivity (Wildman–Crippen MR) is 287 cm³/mol. The van der Waals surface area contributed by atoms with E-state index in [1.165, 1.54) is 116 Å². The maximum atomic E-state index is 13.3. The molecule has 8 atom stereocenters. The zero-order valence-electron chi connectivity index (χ0n) is 44.9. The van der Waals surface area contributed by atoms with Crippen LogP contribution in [0.15, 0.2) is 48.6 Å². The van der Waals surface area contributed by atoms with Crippen LogP contribution in [0.1, 0.15) is 252 Å². The molecule has 1 aliphatic rings. The molecule has 1 heterocycles. The Morgan fingerprint density at radius 3 is 1.50 bits per heavy atom. The molecule has 1 amide bonds. The van der Waals surface area contributed by atoms with Crippen LogP contribution in [0.5, 0.6) is 0 Å². The lowest BCUT2D eigenvalue weighted by molar-refractivity contribution is -0.305. The number of rotatable bonds is 48. The molecule has 0 radical (unpaired) electrons. The van der Waals surface area contributed by atoms with Gasteiger partial charge in [-0.15, -0.1) is 0 Å². The summed E-state index contributed by atoms with van der Waals surface area (Å²) >= 11 is 0. The zero-order chi connectivity index (χ0) is 51.1. The van der Waals surface area contributed by atoms with Crippen LogP contribution < -0.4 is 5.32 Å². The number of unbranched alkanes of at least 4 members (excludes halogenated alkanes) is 28. The van der Waals surface area contributed by atoms with Gasteiger partial charge in [-0.05, 0) is 64.2 Å². The van der Waals surface area contributed by atoms with Gasteiger partial charge in [0.1, 0.15) is 24.4 Å². The van der Waals surface area contributed by atoms with Crippen molar-refractivity contribution in [2.75, 3.05) is 13.2 Å². The molecule has 408 valence electrons. The Morgan fingerprint density at radius 1 is 0.557 bits per heavy atom. The Labute approximate surface area is 427 Å². The first-order valence-corrected chi connectivity index (χ1v) is 28.9. The summed E-state index contributed by atoms with van der Waals surface area (Å²) in [5.74, 6) is -1.21. The summed E-state index contributed by atoms with van der Waals surface area (Å²) in [6.07, 6.45) is 45.8. The van der Waals surface area contributed by atoms with Crippen molar-refractivity contribution in [3.05, 3.63) is 48.6 Å². The number of ether oxygens (including phenoxy) is 3. The van der Waals surface area contributed by atoms with Crippen LogP contribution in [-0.2, 0) is 23.8 Å². The van der Waals surface area contributed by atoms with Gasteiger partial charge in [-0.3, -0.25) is 9.59 Å². The molecule has 0 spiro atoms. The van der Waals surface area contributed by atoms with Crippen LogP contribution in [0, 0.1) is 0 Å². The van der Waals surface area contributed by atoms with Crippen LogP contribution in [-0.4, -0.2) is 99.6 Å². The van der Waals surface area contributed by atoms with Crippen molar-refractivity contribution in [3.63, 3.8) is 0 Å². The normalized spacial score (nSPS) is 20.0. The highest BCUT2D eigenvalue weighted by atomic mass is 16.7. The van der Waals surface area contributed by atoms with E-state index in [9.17, 15) is 35.1 Å². The van der Waals surface area contributed by atoms with Gasteiger partial charge < -0.3 is 45.1 Å².